The molecule has 2 N–H and O–H groups in total. The zero-order valence-corrected chi connectivity index (χ0v) is 16.7. The van der Waals surface area contributed by atoms with Gasteiger partial charge in [0.1, 0.15) is 10.1 Å². The number of ether oxygens (including phenoxy) is 2. The molecule has 0 aromatic heterocycles. The number of fused-ring (bicyclic) bond motifs is 1. The molecule has 0 atom stereocenters. The van der Waals surface area contributed by atoms with E-state index in [1.165, 1.54) is 22.7 Å². The molecule has 1 fully saturated rings. The molecule has 29 heavy (non-hydrogen) atoms. The number of benzene rings is 2. The second kappa shape index (κ2) is 8.14. The van der Waals surface area contributed by atoms with E-state index in [1.807, 2.05) is 6.07 Å². The van der Waals surface area contributed by atoms with Crippen LogP contribution in [0.15, 0.2) is 47.4 Å². The molecule has 0 aliphatic carbocycles. The van der Waals surface area contributed by atoms with E-state index in [4.69, 9.17) is 21.7 Å². The molecule has 148 valence electrons. The fourth-order valence-corrected chi connectivity index (χ4v) is 4.16. The number of phenols is 1. The molecule has 2 aromatic carbocycles. The minimum atomic E-state index is -0.319. The van der Waals surface area contributed by atoms with Gasteiger partial charge in [-0.1, -0.05) is 42.2 Å². The topological polar surface area (TPSA) is 88.1 Å². The lowest BCUT2D eigenvalue weighted by molar-refractivity contribution is -0.122. The van der Waals surface area contributed by atoms with E-state index in [0.717, 1.165) is 5.56 Å². The van der Waals surface area contributed by atoms with Crippen molar-refractivity contribution in [1.82, 2.24) is 4.90 Å². The maximum atomic E-state index is 12.7. The highest BCUT2D eigenvalue weighted by atomic mass is 32.2. The van der Waals surface area contributed by atoms with Crippen LogP contribution in [0.25, 0.3) is 6.08 Å². The third-order valence-electron chi connectivity index (χ3n) is 4.31. The Morgan fingerprint density at radius 2 is 2.03 bits per heavy atom. The molecular formula is C20H16N2O5S2. The normalized spacial score (nSPS) is 16.6. The van der Waals surface area contributed by atoms with Crippen molar-refractivity contribution in [2.45, 2.75) is 6.42 Å². The lowest BCUT2D eigenvalue weighted by Crippen LogP contribution is -2.31. The number of amides is 2. The van der Waals surface area contributed by atoms with Crippen LogP contribution in [0, 0.1) is 0 Å². The minimum Gasteiger partial charge on any atom is -0.506 e. The van der Waals surface area contributed by atoms with Gasteiger partial charge in [-0.2, -0.15) is 0 Å². The van der Waals surface area contributed by atoms with Gasteiger partial charge in [-0.3, -0.25) is 14.5 Å². The van der Waals surface area contributed by atoms with Gasteiger partial charge < -0.3 is 19.9 Å². The maximum absolute atomic E-state index is 12.7. The van der Waals surface area contributed by atoms with Gasteiger partial charge in [0.25, 0.3) is 5.91 Å². The Bertz CT molecular complexity index is 1040. The Balaban J connectivity index is 1.39. The van der Waals surface area contributed by atoms with Crippen molar-refractivity contribution in [3.05, 3.63) is 52.9 Å². The fraction of sp³-hybridized carbons (Fsp3) is 0.150. The van der Waals surface area contributed by atoms with Gasteiger partial charge in [0.05, 0.1) is 10.6 Å². The maximum Gasteiger partial charge on any atom is 0.266 e. The number of thiocarbonyl (C=S) groups is 1. The van der Waals surface area contributed by atoms with E-state index in [0.29, 0.717) is 26.4 Å². The molecule has 1 saturated heterocycles. The summed E-state index contributed by atoms with van der Waals surface area (Å²) in [6.07, 6.45) is 1.79. The van der Waals surface area contributed by atoms with Gasteiger partial charge >= 0.3 is 0 Å². The smallest absolute Gasteiger partial charge is 0.266 e. The van der Waals surface area contributed by atoms with Crippen LogP contribution in [0.5, 0.6) is 17.2 Å². The number of nitrogens with zero attached hydrogens (tertiary/aromatic N) is 1. The third kappa shape index (κ3) is 4.20. The highest BCUT2D eigenvalue weighted by molar-refractivity contribution is 8.26. The van der Waals surface area contributed by atoms with Crippen molar-refractivity contribution in [2.24, 2.45) is 0 Å². The van der Waals surface area contributed by atoms with E-state index in [1.54, 1.807) is 36.4 Å². The van der Waals surface area contributed by atoms with Gasteiger partial charge in [0.2, 0.25) is 12.7 Å². The van der Waals surface area contributed by atoms with Crippen LogP contribution in [-0.4, -0.2) is 39.5 Å². The Kier molecular flexibility index (Phi) is 5.41. The highest BCUT2D eigenvalue weighted by Crippen LogP contribution is 2.36. The Hall–Kier alpha value is -3.04. The summed E-state index contributed by atoms with van der Waals surface area (Å²) in [5.74, 6) is 0.728. The number of phenolic OH excluding ortho intramolecular Hbond substituents is 1. The quantitative estimate of drug-likeness (QED) is 0.429. The van der Waals surface area contributed by atoms with Gasteiger partial charge in [-0.25, -0.2) is 0 Å². The van der Waals surface area contributed by atoms with Gasteiger partial charge in [0.15, 0.2) is 11.5 Å². The summed E-state index contributed by atoms with van der Waals surface area (Å²) in [7, 11) is 0. The summed E-state index contributed by atoms with van der Waals surface area (Å²) in [5.41, 5.74) is 1.12. The van der Waals surface area contributed by atoms with Crippen molar-refractivity contribution >= 4 is 51.9 Å². The number of carbonyl (C=O) groups is 2. The molecule has 0 spiro atoms. The summed E-state index contributed by atoms with van der Waals surface area (Å²) in [6, 6.07) is 11.9. The monoisotopic (exact) mass is 428 g/mol. The molecule has 2 heterocycles. The van der Waals surface area contributed by atoms with Gasteiger partial charge in [0, 0.05) is 13.0 Å². The molecule has 9 heteroatoms. The number of carbonyl (C=O) groups excluding carboxylic acids is 2. The Labute approximate surface area is 176 Å². The number of hydrogen-bond donors (Lipinski definition) is 2. The number of aromatic hydroxyl groups is 1. The molecule has 2 aromatic rings. The van der Waals surface area contributed by atoms with Crippen LogP contribution in [-0.2, 0) is 9.59 Å². The molecule has 7 nitrogen and oxygen atoms in total. The molecule has 0 saturated carbocycles. The highest BCUT2D eigenvalue weighted by Gasteiger charge is 2.32. The average Bonchev–Trinajstić information content (AvgIpc) is 3.26. The summed E-state index contributed by atoms with van der Waals surface area (Å²) in [4.78, 5) is 26.8. The molecular weight excluding hydrogens is 412 g/mol. The van der Waals surface area contributed by atoms with Crippen molar-refractivity contribution in [3.8, 4) is 17.2 Å². The first-order valence-corrected chi connectivity index (χ1v) is 9.96. The summed E-state index contributed by atoms with van der Waals surface area (Å²) in [6.45, 7) is 0.340. The van der Waals surface area contributed by atoms with Crippen LogP contribution in [0.3, 0.4) is 0 Å². The van der Waals surface area contributed by atoms with Gasteiger partial charge in [-0.15, -0.1) is 0 Å². The van der Waals surface area contributed by atoms with Crippen LogP contribution >= 0.6 is 24.0 Å². The lowest BCUT2D eigenvalue weighted by atomic mass is 10.2. The number of anilines is 1. The van der Waals surface area contributed by atoms with Crippen molar-refractivity contribution in [1.29, 1.82) is 0 Å². The Morgan fingerprint density at radius 3 is 2.86 bits per heavy atom. The molecule has 2 aliphatic heterocycles. The number of hydrogen-bond acceptors (Lipinski definition) is 7. The molecule has 0 bridgehead atoms. The number of para-hydroxylation sites is 2. The fourth-order valence-electron chi connectivity index (χ4n) is 2.85. The molecule has 4 rings (SSSR count). The second-order valence-electron chi connectivity index (χ2n) is 6.26. The van der Waals surface area contributed by atoms with E-state index < -0.39 is 0 Å². The summed E-state index contributed by atoms with van der Waals surface area (Å²) >= 11 is 6.50. The predicted octanol–water partition coefficient (Wildman–Crippen LogP) is 3.35. The average molecular weight is 428 g/mol. The SMILES string of the molecule is O=C(CCN1C(=O)/C(=C/c2ccc3c(c2)OCO3)SC1=S)Nc1ccccc1O. The largest absolute Gasteiger partial charge is 0.506 e. The first-order valence-electron chi connectivity index (χ1n) is 8.74. The first-order chi connectivity index (χ1) is 14.0. The molecule has 0 radical (unpaired) electrons. The number of nitrogens with one attached hydrogen (secondary N) is 1. The van der Waals surface area contributed by atoms with E-state index >= 15 is 0 Å². The third-order valence-corrected chi connectivity index (χ3v) is 5.69. The van der Waals surface area contributed by atoms with Crippen molar-refractivity contribution < 1.29 is 24.2 Å². The summed E-state index contributed by atoms with van der Waals surface area (Å²) in [5, 5.41) is 12.4. The molecule has 0 unspecified atom stereocenters. The van der Waals surface area contributed by atoms with Crippen LogP contribution in [0.1, 0.15) is 12.0 Å². The molecule has 2 aliphatic rings. The lowest BCUT2D eigenvalue weighted by Gasteiger charge is -2.14. The summed E-state index contributed by atoms with van der Waals surface area (Å²) < 4.78 is 11.0. The Morgan fingerprint density at radius 1 is 1.24 bits per heavy atom. The van der Waals surface area contributed by atoms with Crippen LogP contribution in [0.2, 0.25) is 0 Å². The zero-order valence-electron chi connectivity index (χ0n) is 15.1. The number of rotatable bonds is 5. The van der Waals surface area contributed by atoms with Crippen LogP contribution in [0.4, 0.5) is 5.69 Å². The van der Waals surface area contributed by atoms with Crippen LogP contribution < -0.4 is 14.8 Å². The first kappa shape index (κ1) is 19.3. The predicted molar refractivity (Wildman–Crippen MR) is 114 cm³/mol. The molecule has 2 amide bonds. The standard InChI is InChI=1S/C20H16N2O5S2/c23-14-4-2-1-3-13(14)21-18(24)7-8-22-19(25)17(29-20(22)28)10-12-5-6-15-16(9-12)27-11-26-15/h1-6,9-10,23H,7-8,11H2,(H,21,24)/b17-10-. The van der Waals surface area contributed by atoms with Crippen molar-refractivity contribution in [3.63, 3.8) is 0 Å². The van der Waals surface area contributed by atoms with E-state index in [2.05, 4.69) is 5.32 Å². The van der Waals surface area contributed by atoms with E-state index in [9.17, 15) is 14.7 Å². The minimum absolute atomic E-state index is 0.0156. The van der Waals surface area contributed by atoms with Gasteiger partial charge in [-0.05, 0) is 35.9 Å². The number of thioether (sulfide) groups is 1. The van der Waals surface area contributed by atoms with Crippen molar-refractivity contribution in [2.75, 3.05) is 18.7 Å². The second-order valence-corrected chi connectivity index (χ2v) is 7.94. The zero-order chi connectivity index (χ0) is 20.4. The van der Waals surface area contributed by atoms with E-state index in [-0.39, 0.29) is 37.3 Å².